The fourth-order valence-electron chi connectivity index (χ4n) is 6.45. The second-order valence-electron chi connectivity index (χ2n) is 11.7. The van der Waals surface area contributed by atoms with Gasteiger partial charge in [-0.1, -0.05) is 6.92 Å². The van der Waals surface area contributed by atoms with Gasteiger partial charge in [0.05, 0.1) is 29.5 Å². The van der Waals surface area contributed by atoms with Crippen LogP contribution in [0.5, 0.6) is 0 Å². The number of nitrogens with zero attached hydrogens (tertiary/aromatic N) is 2. The number of alkyl carbamates (subject to hydrolysis) is 1. The van der Waals surface area contributed by atoms with Crippen LogP contribution in [0.1, 0.15) is 57.7 Å². The van der Waals surface area contributed by atoms with Gasteiger partial charge in [0.1, 0.15) is 29.7 Å². The Kier molecular flexibility index (Phi) is 6.19. The van der Waals surface area contributed by atoms with Gasteiger partial charge in [0.2, 0.25) is 5.76 Å². The number of fused-ring (bicyclic) bond motifs is 3. The Labute approximate surface area is 240 Å². The van der Waals surface area contributed by atoms with E-state index in [9.17, 15) is 24.3 Å². The molecule has 2 N–H and O–H groups in total. The summed E-state index contributed by atoms with van der Waals surface area (Å²) in [6.07, 6.45) is 1.47. The fourth-order valence-corrected chi connectivity index (χ4v) is 6.45. The number of hydrogen-bond acceptors (Lipinski definition) is 9. The third-order valence-electron chi connectivity index (χ3n) is 8.22. The van der Waals surface area contributed by atoms with E-state index in [1.165, 1.54) is 12.1 Å². The molecular formula is C31H28FN3O7. The van der Waals surface area contributed by atoms with Gasteiger partial charge >= 0.3 is 6.09 Å². The zero-order chi connectivity index (χ0) is 30.1. The van der Waals surface area contributed by atoms with Crippen LogP contribution in [0.2, 0.25) is 0 Å². The quantitative estimate of drug-likeness (QED) is 0.513. The molecule has 5 aliphatic heterocycles. The number of carbonyl (C=O) groups is 1. The van der Waals surface area contributed by atoms with Crippen LogP contribution in [-0.2, 0) is 23.9 Å². The number of halogens is 1. The van der Waals surface area contributed by atoms with Crippen molar-refractivity contribution in [2.75, 3.05) is 24.6 Å². The molecule has 0 bridgehead atoms. The van der Waals surface area contributed by atoms with E-state index in [1.807, 2.05) is 16.8 Å². The minimum atomic E-state index is -1.84. The van der Waals surface area contributed by atoms with Crippen molar-refractivity contribution >= 4 is 35.2 Å². The Balaban J connectivity index is 1.50. The molecule has 11 heteroatoms. The number of rotatable bonds is 2. The molecule has 1 unspecified atom stereocenters. The fraction of sp³-hybridized carbons (Fsp3) is 0.387. The lowest BCUT2D eigenvalue weighted by Gasteiger charge is -2.41. The van der Waals surface area contributed by atoms with E-state index in [2.05, 4.69) is 5.32 Å². The third kappa shape index (κ3) is 3.91. The summed E-state index contributed by atoms with van der Waals surface area (Å²) in [5.74, 6) is 4.73. The highest BCUT2D eigenvalue weighted by molar-refractivity contribution is 6.07. The molecule has 1 aromatic rings. The molecule has 0 radical (unpaired) electrons. The zero-order valence-corrected chi connectivity index (χ0v) is 23.5. The first-order valence-corrected chi connectivity index (χ1v) is 13.6. The molecule has 2 atom stereocenters. The first-order chi connectivity index (χ1) is 19.9. The standard InChI is InChI=1S/C31H28FN3O7/c1-5-31(40)21-10-23-27-19(12-36)17-8-16(32)9-18-22(33-29(39)42-30(2,3)4)6-7-34(28(17)18)24(27)11-35(23)25(13-37)20(21)15-41-26(31)14-38/h8-10,22,40H,5-7,11,15H2,1-4H3,(H,33,39)/t22?,31-/m0/s1. The summed E-state index contributed by atoms with van der Waals surface area (Å²) in [7, 11) is 0. The van der Waals surface area contributed by atoms with Crippen molar-refractivity contribution in [2.45, 2.75) is 57.8 Å². The van der Waals surface area contributed by atoms with Gasteiger partial charge in [-0.05, 0) is 51.8 Å². The molecule has 5 aliphatic rings. The van der Waals surface area contributed by atoms with E-state index < -0.39 is 29.2 Å². The second kappa shape index (κ2) is 9.44. The molecule has 42 heavy (non-hydrogen) atoms. The highest BCUT2D eigenvalue weighted by Crippen LogP contribution is 2.54. The predicted molar refractivity (Wildman–Crippen MR) is 148 cm³/mol. The molecule has 0 aromatic heterocycles. The summed E-state index contributed by atoms with van der Waals surface area (Å²) in [5, 5.41) is 14.3. The normalized spacial score (nSPS) is 24.0. The van der Waals surface area contributed by atoms with Crippen molar-refractivity contribution in [1.82, 2.24) is 10.2 Å². The molecule has 1 amide bonds. The minimum absolute atomic E-state index is 0.0597. The number of aliphatic hydroxyl groups is 1. The molecule has 0 saturated carbocycles. The third-order valence-corrected chi connectivity index (χ3v) is 8.22. The highest BCUT2D eigenvalue weighted by Gasteiger charge is 2.50. The average molecular weight is 574 g/mol. The molecule has 6 rings (SSSR count). The van der Waals surface area contributed by atoms with E-state index in [4.69, 9.17) is 9.47 Å². The topological polar surface area (TPSA) is 125 Å². The van der Waals surface area contributed by atoms with E-state index in [-0.39, 0.29) is 42.2 Å². The van der Waals surface area contributed by atoms with Crippen molar-refractivity contribution < 1.29 is 38.1 Å². The number of anilines is 1. The Morgan fingerprint density at radius 2 is 1.98 bits per heavy atom. The maximum atomic E-state index is 15.1. The van der Waals surface area contributed by atoms with Crippen LogP contribution < -0.4 is 10.2 Å². The summed E-state index contributed by atoms with van der Waals surface area (Å²) in [5.41, 5.74) is 1.15. The van der Waals surface area contributed by atoms with Crippen LogP contribution in [0.4, 0.5) is 14.9 Å². The van der Waals surface area contributed by atoms with Crippen molar-refractivity contribution in [1.29, 1.82) is 0 Å². The van der Waals surface area contributed by atoms with Crippen molar-refractivity contribution in [3.8, 4) is 0 Å². The second-order valence-corrected chi connectivity index (χ2v) is 11.7. The van der Waals surface area contributed by atoms with Gasteiger partial charge in [-0.2, -0.15) is 0 Å². The van der Waals surface area contributed by atoms with Crippen LogP contribution in [0.3, 0.4) is 0 Å². The van der Waals surface area contributed by atoms with Crippen LogP contribution in [-0.4, -0.2) is 64.8 Å². The lowest BCUT2D eigenvalue weighted by Crippen LogP contribution is -2.43. The molecule has 0 fully saturated rings. The Bertz CT molecular complexity index is 1710. The molecule has 0 aliphatic carbocycles. The number of ether oxygens (including phenoxy) is 2. The first-order valence-electron chi connectivity index (χ1n) is 13.6. The number of allylic oxidation sites excluding steroid dienone is 1. The monoisotopic (exact) mass is 573 g/mol. The number of carbonyl (C=O) groups excluding carboxylic acids is 4. The van der Waals surface area contributed by atoms with Gasteiger partial charge in [-0.25, -0.2) is 23.6 Å². The number of benzene rings is 1. The van der Waals surface area contributed by atoms with Gasteiger partial charge in [0, 0.05) is 40.1 Å². The Morgan fingerprint density at radius 1 is 1.21 bits per heavy atom. The molecule has 216 valence electrons. The molecule has 10 nitrogen and oxygen atoms in total. The zero-order valence-electron chi connectivity index (χ0n) is 23.5. The number of amides is 1. The smallest absolute Gasteiger partial charge is 0.408 e. The number of hydrogen-bond donors (Lipinski definition) is 2. The molecular weight excluding hydrogens is 545 g/mol. The molecule has 0 spiro atoms. The van der Waals surface area contributed by atoms with Crippen LogP contribution in [0, 0.1) is 5.82 Å². The minimum Gasteiger partial charge on any atom is -0.479 e. The highest BCUT2D eigenvalue weighted by atomic mass is 19.1. The Hall–Kier alpha value is -4.65. The summed E-state index contributed by atoms with van der Waals surface area (Å²) < 4.78 is 26.1. The summed E-state index contributed by atoms with van der Waals surface area (Å²) >= 11 is 0. The van der Waals surface area contributed by atoms with Gasteiger partial charge in [0.25, 0.3) is 0 Å². The van der Waals surface area contributed by atoms with Crippen LogP contribution in [0.15, 0.2) is 57.8 Å². The maximum absolute atomic E-state index is 15.1. The van der Waals surface area contributed by atoms with Crippen molar-refractivity contribution in [2.24, 2.45) is 0 Å². The van der Waals surface area contributed by atoms with Crippen LogP contribution in [0.25, 0.3) is 5.57 Å². The van der Waals surface area contributed by atoms with Crippen molar-refractivity contribution in [3.05, 3.63) is 74.7 Å². The number of nitrogens with one attached hydrogen (secondary N) is 1. The SMILES string of the molecule is CC[C@@]1(O)C(=C=O)OCC2=C1C=C1C3=C(CN1C2=C=O)N1CCC(NC(=O)OC(C)(C)C)c2cc(F)cc(c21)C3=C=O. The largest absolute Gasteiger partial charge is 0.479 e. The van der Waals surface area contributed by atoms with Gasteiger partial charge in [0.15, 0.2) is 17.5 Å². The van der Waals surface area contributed by atoms with Crippen LogP contribution >= 0.6 is 0 Å². The van der Waals surface area contributed by atoms with E-state index in [1.54, 1.807) is 44.6 Å². The van der Waals surface area contributed by atoms with E-state index in [0.717, 1.165) is 0 Å². The van der Waals surface area contributed by atoms with Gasteiger partial charge in [-0.15, -0.1) is 0 Å². The predicted octanol–water partition coefficient (Wildman–Crippen LogP) is 3.20. The summed E-state index contributed by atoms with van der Waals surface area (Å²) in [4.78, 5) is 52.9. The van der Waals surface area contributed by atoms with Crippen molar-refractivity contribution in [3.63, 3.8) is 0 Å². The van der Waals surface area contributed by atoms with Gasteiger partial charge < -0.3 is 29.7 Å². The summed E-state index contributed by atoms with van der Waals surface area (Å²) in [6, 6.07) is 2.01. The molecule has 1 aromatic carbocycles. The summed E-state index contributed by atoms with van der Waals surface area (Å²) in [6.45, 7) is 7.34. The average Bonchev–Trinajstić information content (AvgIpc) is 3.31. The van der Waals surface area contributed by atoms with E-state index in [0.29, 0.717) is 52.3 Å². The Morgan fingerprint density at radius 3 is 2.62 bits per heavy atom. The van der Waals surface area contributed by atoms with Gasteiger partial charge in [-0.3, -0.25) is 0 Å². The molecule has 5 heterocycles. The van der Waals surface area contributed by atoms with E-state index >= 15 is 4.39 Å². The lowest BCUT2D eigenvalue weighted by molar-refractivity contribution is 0.0311. The first kappa shape index (κ1) is 27.5. The maximum Gasteiger partial charge on any atom is 0.408 e. The lowest BCUT2D eigenvalue weighted by atomic mass is 9.79. The molecule has 0 saturated heterocycles.